The van der Waals surface area contributed by atoms with Gasteiger partial charge in [-0.3, -0.25) is 19.9 Å². The molecular weight excluding hydrogens is 739 g/mol. The molecule has 0 saturated carbocycles. The van der Waals surface area contributed by atoms with E-state index >= 15 is 0 Å². The summed E-state index contributed by atoms with van der Waals surface area (Å²) in [6, 6.07) is 27.6. The Kier molecular flexibility index (Phi) is 10.9. The molecule has 2 aliphatic rings. The van der Waals surface area contributed by atoms with E-state index < -0.39 is 76.7 Å². The highest BCUT2D eigenvalue weighted by Gasteiger charge is 2.59. The number of benzene rings is 4. The van der Waals surface area contributed by atoms with Crippen LogP contribution in [0.15, 0.2) is 115 Å². The molecular formula is C37H27Cl3N2O10. The predicted molar refractivity (Wildman–Crippen MR) is 187 cm³/mol. The molecule has 1 fully saturated rings. The van der Waals surface area contributed by atoms with Gasteiger partial charge in [0.1, 0.15) is 18.8 Å². The highest BCUT2D eigenvalue weighted by Crippen LogP contribution is 2.38. The number of imide groups is 1. The number of alkyl halides is 3. The van der Waals surface area contributed by atoms with Crippen LogP contribution in [0.5, 0.6) is 0 Å². The van der Waals surface area contributed by atoms with Gasteiger partial charge in [-0.1, -0.05) is 102 Å². The average Bonchev–Trinajstić information content (AvgIpc) is 3.40. The summed E-state index contributed by atoms with van der Waals surface area (Å²) in [6.07, 6.45) is -6.90. The maximum atomic E-state index is 14.0. The standard InChI is InChI=1S/C37H27Cl3N2O10/c38-37(39,40)36(41)52-35-27(42-30(43)24-18-10-11-19-25(24)31(42)44)29(51-34(47)23-16-8-3-9-17-23)28(50-33(46)22-14-6-2-7-15-22)26(49-35)20-48-32(45)21-12-4-1-5-13-21/h1-19,26-29,35,41H,20H2/t26?,27?,28-,29?,35+/m1/s1. The number of amides is 2. The van der Waals surface area contributed by atoms with Crippen LogP contribution in [-0.4, -0.2) is 81.6 Å². The Hall–Kier alpha value is -5.27. The molecule has 1 saturated heterocycles. The highest BCUT2D eigenvalue weighted by atomic mass is 35.6. The fourth-order valence-electron chi connectivity index (χ4n) is 5.68. The van der Waals surface area contributed by atoms with Crippen LogP contribution in [0.1, 0.15) is 51.8 Å². The van der Waals surface area contributed by atoms with E-state index in [-0.39, 0.29) is 27.8 Å². The molecule has 2 amide bonds. The van der Waals surface area contributed by atoms with Crippen molar-refractivity contribution >= 4 is 70.4 Å². The van der Waals surface area contributed by atoms with Crippen LogP contribution in [-0.2, 0) is 23.7 Å². The lowest BCUT2D eigenvalue weighted by molar-refractivity contribution is -0.257. The van der Waals surface area contributed by atoms with Crippen LogP contribution in [0.2, 0.25) is 0 Å². The number of hydrogen-bond donors (Lipinski definition) is 1. The van der Waals surface area contributed by atoms with Gasteiger partial charge in [0.25, 0.3) is 15.6 Å². The first-order chi connectivity index (χ1) is 24.9. The van der Waals surface area contributed by atoms with Gasteiger partial charge in [-0.05, 0) is 48.5 Å². The minimum atomic E-state index is -2.46. The monoisotopic (exact) mass is 764 g/mol. The van der Waals surface area contributed by atoms with Gasteiger partial charge in [0.2, 0.25) is 12.2 Å². The van der Waals surface area contributed by atoms with Crippen molar-refractivity contribution in [1.82, 2.24) is 4.90 Å². The smallest absolute Gasteiger partial charge is 0.338 e. The van der Waals surface area contributed by atoms with E-state index in [2.05, 4.69) is 0 Å². The Balaban J connectivity index is 1.47. The van der Waals surface area contributed by atoms with Gasteiger partial charge in [-0.25, -0.2) is 14.4 Å². The van der Waals surface area contributed by atoms with Gasteiger partial charge < -0.3 is 23.7 Å². The lowest BCUT2D eigenvalue weighted by atomic mass is 9.94. The van der Waals surface area contributed by atoms with Crippen molar-refractivity contribution in [2.24, 2.45) is 0 Å². The first-order valence-electron chi connectivity index (χ1n) is 15.6. The van der Waals surface area contributed by atoms with E-state index in [1.165, 1.54) is 48.5 Å². The van der Waals surface area contributed by atoms with E-state index in [1.807, 2.05) is 0 Å². The van der Waals surface area contributed by atoms with Crippen LogP contribution < -0.4 is 0 Å². The predicted octanol–water partition coefficient (Wildman–Crippen LogP) is 6.05. The summed E-state index contributed by atoms with van der Waals surface area (Å²) in [6.45, 7) is -0.643. The van der Waals surface area contributed by atoms with Gasteiger partial charge in [-0.2, -0.15) is 0 Å². The first kappa shape index (κ1) is 36.5. The summed E-state index contributed by atoms with van der Waals surface area (Å²) < 4.78 is 27.0. The maximum absolute atomic E-state index is 14.0. The molecule has 4 aromatic carbocycles. The summed E-state index contributed by atoms with van der Waals surface area (Å²) in [7, 11) is 0. The normalized spacial score (nSPS) is 21.1. The number of fused-ring (bicyclic) bond motifs is 1. The molecule has 2 aliphatic heterocycles. The number of carbonyl (C=O) groups excluding carboxylic acids is 5. The molecule has 0 bridgehead atoms. The van der Waals surface area contributed by atoms with Crippen LogP contribution in [0.25, 0.3) is 0 Å². The van der Waals surface area contributed by atoms with Crippen molar-refractivity contribution in [2.75, 3.05) is 6.61 Å². The molecule has 0 spiro atoms. The summed E-state index contributed by atoms with van der Waals surface area (Å²) in [4.78, 5) is 69.2. The largest absolute Gasteiger partial charge is 0.459 e. The number of ether oxygens (including phenoxy) is 5. The van der Waals surface area contributed by atoms with Crippen LogP contribution in [0.4, 0.5) is 0 Å². The molecule has 0 aromatic heterocycles. The molecule has 0 aliphatic carbocycles. The Morgan fingerprint density at radius 3 is 1.52 bits per heavy atom. The lowest BCUT2D eigenvalue weighted by Crippen LogP contribution is -2.68. The van der Waals surface area contributed by atoms with Crippen molar-refractivity contribution in [1.29, 1.82) is 5.41 Å². The van der Waals surface area contributed by atoms with E-state index in [1.54, 1.807) is 66.7 Å². The van der Waals surface area contributed by atoms with Gasteiger partial charge in [-0.15, -0.1) is 0 Å². The van der Waals surface area contributed by atoms with E-state index in [9.17, 15) is 24.0 Å². The number of carbonyl (C=O) groups is 5. The zero-order valence-electron chi connectivity index (χ0n) is 26.7. The minimum absolute atomic E-state index is 0.00702. The molecule has 266 valence electrons. The van der Waals surface area contributed by atoms with Crippen molar-refractivity contribution in [3.63, 3.8) is 0 Å². The van der Waals surface area contributed by atoms with Crippen molar-refractivity contribution < 1.29 is 47.7 Å². The average molecular weight is 766 g/mol. The van der Waals surface area contributed by atoms with E-state index in [0.717, 1.165) is 4.90 Å². The zero-order chi connectivity index (χ0) is 37.0. The maximum Gasteiger partial charge on any atom is 0.338 e. The second-order valence-electron chi connectivity index (χ2n) is 11.4. The number of esters is 3. The third-order valence-corrected chi connectivity index (χ3v) is 8.64. The third-order valence-electron chi connectivity index (χ3n) is 8.12. The third kappa shape index (κ3) is 7.80. The van der Waals surface area contributed by atoms with E-state index in [4.69, 9.17) is 63.9 Å². The number of hydrogen-bond acceptors (Lipinski definition) is 11. The summed E-state index contributed by atoms with van der Waals surface area (Å²) in [5, 5.41) is 8.37. The zero-order valence-corrected chi connectivity index (χ0v) is 29.0. The molecule has 5 atom stereocenters. The van der Waals surface area contributed by atoms with Gasteiger partial charge in [0.05, 0.1) is 27.8 Å². The van der Waals surface area contributed by atoms with Crippen molar-refractivity contribution in [3.05, 3.63) is 143 Å². The fraction of sp³-hybridized carbons (Fsp3) is 0.189. The molecule has 15 heteroatoms. The van der Waals surface area contributed by atoms with Crippen LogP contribution in [0, 0.1) is 5.41 Å². The van der Waals surface area contributed by atoms with Gasteiger partial charge >= 0.3 is 17.9 Å². The Morgan fingerprint density at radius 1 is 0.635 bits per heavy atom. The minimum Gasteiger partial charge on any atom is -0.459 e. The molecule has 2 heterocycles. The fourth-order valence-corrected chi connectivity index (χ4v) is 5.81. The number of nitrogens with zero attached hydrogens (tertiary/aromatic N) is 1. The summed E-state index contributed by atoms with van der Waals surface area (Å²) in [5.74, 6) is -5.33. The molecule has 6 rings (SSSR count). The van der Waals surface area contributed by atoms with Crippen molar-refractivity contribution in [2.45, 2.75) is 34.4 Å². The Labute approximate surface area is 311 Å². The number of nitrogens with one attached hydrogen (secondary N) is 1. The molecule has 0 radical (unpaired) electrons. The SMILES string of the molecule is N=C(O[C@@H]1OC(COC(=O)c2ccccc2)[C@@H](OC(=O)c2ccccc2)C(OC(=O)c2ccccc2)C1N1C(=O)c2ccccc2C1=O)C(Cl)(Cl)Cl. The number of halogens is 3. The van der Waals surface area contributed by atoms with Crippen LogP contribution in [0.3, 0.4) is 0 Å². The molecule has 1 N–H and O–H groups in total. The molecule has 52 heavy (non-hydrogen) atoms. The lowest BCUT2D eigenvalue weighted by Gasteiger charge is -2.47. The molecule has 3 unspecified atom stereocenters. The Morgan fingerprint density at radius 2 is 1.06 bits per heavy atom. The highest BCUT2D eigenvalue weighted by molar-refractivity contribution is 6.76. The second kappa shape index (κ2) is 15.5. The molecule has 4 aromatic rings. The van der Waals surface area contributed by atoms with Gasteiger partial charge in [0, 0.05) is 0 Å². The van der Waals surface area contributed by atoms with Crippen molar-refractivity contribution in [3.8, 4) is 0 Å². The second-order valence-corrected chi connectivity index (χ2v) is 13.7. The van der Waals surface area contributed by atoms with E-state index in [0.29, 0.717) is 0 Å². The molecule has 12 nitrogen and oxygen atoms in total. The quantitative estimate of drug-likeness (QED) is 0.0531. The topological polar surface area (TPSA) is 159 Å². The van der Waals surface area contributed by atoms with Gasteiger partial charge in [0.15, 0.2) is 12.2 Å². The van der Waals surface area contributed by atoms with Crippen LogP contribution >= 0.6 is 34.8 Å². The number of rotatable bonds is 9. The first-order valence-corrected chi connectivity index (χ1v) is 16.8. The Bertz CT molecular complexity index is 1960. The summed E-state index contributed by atoms with van der Waals surface area (Å²) >= 11 is 17.9. The summed E-state index contributed by atoms with van der Waals surface area (Å²) in [5.41, 5.74) is 0.337.